The van der Waals surface area contributed by atoms with Crippen molar-refractivity contribution < 1.29 is 18.0 Å². The number of nitrogens with zero attached hydrogens (tertiary/aromatic N) is 2. The number of amides is 2. The monoisotopic (exact) mass is 479 g/mol. The van der Waals surface area contributed by atoms with Gasteiger partial charge in [0.1, 0.15) is 12.6 Å². The molecule has 0 saturated carbocycles. The van der Waals surface area contributed by atoms with Crippen molar-refractivity contribution in [3.63, 3.8) is 0 Å². The van der Waals surface area contributed by atoms with Gasteiger partial charge >= 0.3 is 0 Å². The van der Waals surface area contributed by atoms with Crippen LogP contribution in [0.5, 0.6) is 0 Å². The number of aryl methyl sites for hydroxylation is 1. The topological polar surface area (TPSA) is 86.8 Å². The van der Waals surface area contributed by atoms with Crippen molar-refractivity contribution >= 4 is 39.1 Å². The van der Waals surface area contributed by atoms with E-state index in [9.17, 15) is 18.0 Å². The van der Waals surface area contributed by atoms with Crippen molar-refractivity contribution in [2.45, 2.75) is 39.8 Å². The van der Waals surface area contributed by atoms with Crippen LogP contribution < -0.4 is 9.62 Å². The summed E-state index contributed by atoms with van der Waals surface area (Å²) in [4.78, 5) is 27.4. The fourth-order valence-electron chi connectivity index (χ4n) is 3.11. The Labute approximate surface area is 195 Å². The van der Waals surface area contributed by atoms with Gasteiger partial charge in [-0.3, -0.25) is 13.9 Å². The van der Waals surface area contributed by atoms with Crippen molar-refractivity contribution in [2.75, 3.05) is 23.7 Å². The molecule has 0 saturated heterocycles. The Balaban J connectivity index is 2.36. The lowest BCUT2D eigenvalue weighted by Gasteiger charge is -2.31. The number of benzene rings is 2. The van der Waals surface area contributed by atoms with E-state index in [1.807, 2.05) is 37.3 Å². The van der Waals surface area contributed by atoms with E-state index in [0.29, 0.717) is 17.3 Å². The zero-order chi connectivity index (χ0) is 23.9. The van der Waals surface area contributed by atoms with Crippen LogP contribution in [-0.4, -0.2) is 50.5 Å². The predicted molar refractivity (Wildman–Crippen MR) is 128 cm³/mol. The Kier molecular flexibility index (Phi) is 9.09. The molecule has 32 heavy (non-hydrogen) atoms. The molecular weight excluding hydrogens is 450 g/mol. The summed E-state index contributed by atoms with van der Waals surface area (Å²) in [5.41, 5.74) is 1.92. The molecule has 2 rings (SSSR count). The Morgan fingerprint density at radius 3 is 2.34 bits per heavy atom. The van der Waals surface area contributed by atoms with E-state index in [4.69, 9.17) is 11.6 Å². The maximum Gasteiger partial charge on any atom is 0.244 e. The van der Waals surface area contributed by atoms with Gasteiger partial charge in [-0.25, -0.2) is 8.42 Å². The summed E-state index contributed by atoms with van der Waals surface area (Å²) in [6.45, 7) is 5.60. The summed E-state index contributed by atoms with van der Waals surface area (Å²) < 4.78 is 26.1. The minimum Gasteiger partial charge on any atom is -0.354 e. The van der Waals surface area contributed by atoms with Crippen LogP contribution >= 0.6 is 11.6 Å². The molecule has 7 nitrogen and oxygen atoms in total. The van der Waals surface area contributed by atoms with Gasteiger partial charge in [0.05, 0.1) is 11.9 Å². The largest absolute Gasteiger partial charge is 0.354 e. The van der Waals surface area contributed by atoms with Crippen molar-refractivity contribution in [3.05, 3.63) is 64.7 Å². The minimum absolute atomic E-state index is 0.173. The van der Waals surface area contributed by atoms with Crippen LogP contribution in [0.3, 0.4) is 0 Å². The smallest absolute Gasteiger partial charge is 0.244 e. The first-order valence-corrected chi connectivity index (χ1v) is 12.6. The molecular formula is C23H30ClN3O4S. The molecule has 0 spiro atoms. The maximum atomic E-state index is 13.4. The lowest BCUT2D eigenvalue weighted by molar-refractivity contribution is -0.139. The van der Waals surface area contributed by atoms with Crippen LogP contribution in [-0.2, 0) is 26.2 Å². The molecule has 1 unspecified atom stereocenters. The van der Waals surface area contributed by atoms with Crippen molar-refractivity contribution in [3.8, 4) is 0 Å². The summed E-state index contributed by atoms with van der Waals surface area (Å²) in [7, 11) is -3.78. The quantitative estimate of drug-likeness (QED) is 0.566. The normalized spacial score (nSPS) is 12.2. The number of halogens is 1. The molecule has 0 fully saturated rings. The number of hydrogen-bond acceptors (Lipinski definition) is 4. The average molecular weight is 480 g/mol. The van der Waals surface area contributed by atoms with E-state index in [1.165, 1.54) is 11.0 Å². The van der Waals surface area contributed by atoms with E-state index >= 15 is 0 Å². The molecule has 0 radical (unpaired) electrons. The third kappa shape index (κ3) is 6.97. The molecule has 0 bridgehead atoms. The Morgan fingerprint density at radius 1 is 1.12 bits per heavy atom. The van der Waals surface area contributed by atoms with Gasteiger partial charge < -0.3 is 10.2 Å². The van der Waals surface area contributed by atoms with E-state index in [-0.39, 0.29) is 12.5 Å². The Morgan fingerprint density at radius 2 is 1.78 bits per heavy atom. The zero-order valence-corrected chi connectivity index (χ0v) is 20.4. The van der Waals surface area contributed by atoms with Crippen LogP contribution in [0.4, 0.5) is 5.69 Å². The van der Waals surface area contributed by atoms with Gasteiger partial charge in [-0.15, -0.1) is 0 Å². The van der Waals surface area contributed by atoms with Gasteiger partial charge in [0.2, 0.25) is 21.8 Å². The molecule has 1 atom stereocenters. The van der Waals surface area contributed by atoms with Gasteiger partial charge in [-0.2, -0.15) is 0 Å². The summed E-state index contributed by atoms with van der Waals surface area (Å²) >= 11 is 6.19. The van der Waals surface area contributed by atoms with Crippen LogP contribution in [0.15, 0.2) is 48.5 Å². The highest BCUT2D eigenvalue weighted by molar-refractivity contribution is 7.92. The Hall–Kier alpha value is -2.58. The molecule has 2 aromatic carbocycles. The molecule has 0 aromatic heterocycles. The van der Waals surface area contributed by atoms with Crippen molar-refractivity contribution in [1.29, 1.82) is 0 Å². The average Bonchev–Trinajstić information content (AvgIpc) is 2.75. The first-order chi connectivity index (χ1) is 15.0. The third-order valence-corrected chi connectivity index (χ3v) is 6.58. The molecule has 2 aromatic rings. The van der Waals surface area contributed by atoms with Gasteiger partial charge in [-0.05, 0) is 43.5 Å². The molecule has 0 aliphatic heterocycles. The number of rotatable bonds is 10. The second-order valence-electron chi connectivity index (χ2n) is 7.68. The van der Waals surface area contributed by atoms with E-state index in [2.05, 4.69) is 5.32 Å². The number of hydrogen-bond donors (Lipinski definition) is 1. The van der Waals surface area contributed by atoms with Crippen LogP contribution in [0.25, 0.3) is 0 Å². The molecule has 2 amide bonds. The molecule has 1 N–H and O–H groups in total. The fourth-order valence-corrected chi connectivity index (χ4v) is 4.13. The molecule has 0 heterocycles. The molecule has 174 valence electrons. The van der Waals surface area contributed by atoms with Gasteiger partial charge in [0, 0.05) is 18.1 Å². The number of carbonyl (C=O) groups is 2. The number of nitrogens with one attached hydrogen (secondary N) is 1. The molecule has 0 aliphatic carbocycles. The second kappa shape index (κ2) is 11.3. The third-order valence-electron chi connectivity index (χ3n) is 5.03. The van der Waals surface area contributed by atoms with Crippen molar-refractivity contribution in [2.24, 2.45) is 0 Å². The maximum absolute atomic E-state index is 13.4. The molecule has 9 heteroatoms. The lowest BCUT2D eigenvalue weighted by atomic mass is 10.1. The van der Waals surface area contributed by atoms with Gasteiger partial charge in [0.25, 0.3) is 0 Å². The van der Waals surface area contributed by atoms with E-state index in [1.54, 1.807) is 26.0 Å². The van der Waals surface area contributed by atoms with E-state index < -0.39 is 28.5 Å². The summed E-state index contributed by atoms with van der Waals surface area (Å²) in [6, 6.07) is 13.3. The Bertz CT molecular complexity index is 1040. The molecule has 0 aliphatic rings. The van der Waals surface area contributed by atoms with E-state index in [0.717, 1.165) is 28.1 Å². The van der Waals surface area contributed by atoms with Crippen LogP contribution in [0, 0.1) is 6.92 Å². The van der Waals surface area contributed by atoms with Gasteiger partial charge in [0.15, 0.2) is 0 Å². The first kappa shape index (κ1) is 25.7. The fraction of sp³-hybridized carbons (Fsp3) is 0.391. The highest BCUT2D eigenvalue weighted by Crippen LogP contribution is 2.25. The highest BCUT2D eigenvalue weighted by Gasteiger charge is 2.30. The first-order valence-electron chi connectivity index (χ1n) is 10.4. The van der Waals surface area contributed by atoms with Crippen molar-refractivity contribution in [1.82, 2.24) is 10.2 Å². The standard InChI is InChI=1S/C23H30ClN3O4S/c1-5-13-25-23(29)18(3)26(15-19-9-7-6-8-10-19)22(28)16-27(32(4,30)31)20-12-11-17(2)21(24)14-20/h6-12,14,18H,5,13,15-16H2,1-4H3,(H,25,29). The summed E-state index contributed by atoms with van der Waals surface area (Å²) in [5, 5.41) is 3.20. The van der Waals surface area contributed by atoms with Crippen LogP contribution in [0.2, 0.25) is 5.02 Å². The minimum atomic E-state index is -3.78. The lowest BCUT2D eigenvalue weighted by Crippen LogP contribution is -2.51. The van der Waals surface area contributed by atoms with Gasteiger partial charge in [-0.1, -0.05) is 54.9 Å². The summed E-state index contributed by atoms with van der Waals surface area (Å²) in [6.07, 6.45) is 1.80. The number of carbonyl (C=O) groups excluding carboxylic acids is 2. The predicted octanol–water partition coefficient (Wildman–Crippen LogP) is 3.36. The summed E-state index contributed by atoms with van der Waals surface area (Å²) in [5.74, 6) is -0.782. The van der Waals surface area contributed by atoms with Crippen LogP contribution in [0.1, 0.15) is 31.4 Å². The highest BCUT2D eigenvalue weighted by atomic mass is 35.5. The number of anilines is 1. The SMILES string of the molecule is CCCNC(=O)C(C)N(Cc1ccccc1)C(=O)CN(c1ccc(C)c(Cl)c1)S(C)(=O)=O. The number of sulfonamides is 1. The zero-order valence-electron chi connectivity index (χ0n) is 18.8. The second-order valence-corrected chi connectivity index (χ2v) is 9.99.